The lowest BCUT2D eigenvalue weighted by atomic mass is 10.0. The Bertz CT molecular complexity index is 1300. The van der Waals surface area contributed by atoms with Gasteiger partial charge in [-0.25, -0.2) is 18.8 Å². The van der Waals surface area contributed by atoms with Gasteiger partial charge in [0, 0.05) is 24.4 Å². The number of carboxylic acid groups (broad SMARTS) is 1. The molecule has 1 saturated carbocycles. The van der Waals surface area contributed by atoms with Crippen molar-refractivity contribution in [1.82, 2.24) is 20.6 Å². The first-order valence-electron chi connectivity index (χ1n) is 14.1. The standard InChI is InChI=1S/C29H37FN4O9/c1-6-18-11-29(18,26(37)38)31-24(35)22-10-19(42-27(39)33-12-17-8-7-9-21(30)20(17)14-33)13-34(22)25(36)23(15(2)3)32-43-28(40)41-16(4)5/h6-9,15-16,18-19,22-23,32H,1,10-14H2,2-5H3,(H,31,35)(H,37,38)/t18-,19-,22+,23?,29?/m1/s1. The van der Waals surface area contributed by atoms with Crippen molar-refractivity contribution >= 4 is 30.0 Å². The number of amides is 3. The molecular formula is C29H37FN4O9. The molecule has 3 amide bonds. The Kier molecular flexibility index (Phi) is 9.28. The molecule has 1 aromatic carbocycles. The summed E-state index contributed by atoms with van der Waals surface area (Å²) in [5, 5.41) is 12.3. The molecule has 234 valence electrons. The highest BCUT2D eigenvalue weighted by Crippen LogP contribution is 2.45. The number of aliphatic carboxylic acids is 1. The van der Waals surface area contributed by atoms with Crippen LogP contribution < -0.4 is 10.8 Å². The van der Waals surface area contributed by atoms with Crippen LogP contribution in [-0.4, -0.2) is 81.3 Å². The summed E-state index contributed by atoms with van der Waals surface area (Å²) in [7, 11) is 0. The van der Waals surface area contributed by atoms with E-state index in [1.54, 1.807) is 39.8 Å². The number of nitrogens with one attached hydrogen (secondary N) is 2. The van der Waals surface area contributed by atoms with E-state index in [2.05, 4.69) is 17.4 Å². The van der Waals surface area contributed by atoms with Crippen molar-refractivity contribution in [2.24, 2.45) is 11.8 Å². The third-order valence-electron chi connectivity index (χ3n) is 7.86. The van der Waals surface area contributed by atoms with Crippen LogP contribution >= 0.6 is 0 Å². The predicted molar refractivity (Wildman–Crippen MR) is 147 cm³/mol. The molecule has 3 aliphatic rings. The van der Waals surface area contributed by atoms with Crippen LogP contribution in [0.1, 0.15) is 51.7 Å². The molecule has 13 nitrogen and oxygen atoms in total. The molecule has 1 aromatic rings. The average molecular weight is 605 g/mol. The van der Waals surface area contributed by atoms with Crippen molar-refractivity contribution in [3.8, 4) is 0 Å². The van der Waals surface area contributed by atoms with Gasteiger partial charge in [-0.3, -0.25) is 14.5 Å². The molecule has 5 atom stereocenters. The van der Waals surface area contributed by atoms with Crippen LogP contribution in [0.5, 0.6) is 0 Å². The molecule has 2 heterocycles. The first-order chi connectivity index (χ1) is 20.3. The second kappa shape index (κ2) is 12.6. The fourth-order valence-corrected chi connectivity index (χ4v) is 5.40. The maximum atomic E-state index is 14.2. The summed E-state index contributed by atoms with van der Waals surface area (Å²) in [6, 6.07) is 2.26. The van der Waals surface area contributed by atoms with Crippen LogP contribution in [0.2, 0.25) is 0 Å². The Morgan fingerprint density at radius 3 is 2.47 bits per heavy atom. The van der Waals surface area contributed by atoms with Gasteiger partial charge in [0.2, 0.25) is 11.8 Å². The molecule has 1 saturated heterocycles. The van der Waals surface area contributed by atoms with Gasteiger partial charge in [0.05, 0.1) is 19.2 Å². The van der Waals surface area contributed by atoms with Crippen molar-refractivity contribution in [3.05, 3.63) is 47.8 Å². The van der Waals surface area contributed by atoms with E-state index in [9.17, 15) is 33.5 Å². The summed E-state index contributed by atoms with van der Waals surface area (Å²) in [5.74, 6) is -3.96. The molecule has 14 heteroatoms. The number of benzene rings is 1. The van der Waals surface area contributed by atoms with E-state index in [1.165, 1.54) is 21.9 Å². The quantitative estimate of drug-likeness (QED) is 0.205. The molecule has 0 bridgehead atoms. The molecule has 0 aromatic heterocycles. The summed E-state index contributed by atoms with van der Waals surface area (Å²) in [6.07, 6.45) is -1.73. The summed E-state index contributed by atoms with van der Waals surface area (Å²) in [4.78, 5) is 71.7. The van der Waals surface area contributed by atoms with Crippen LogP contribution in [0.25, 0.3) is 0 Å². The Balaban J connectivity index is 1.51. The van der Waals surface area contributed by atoms with E-state index in [0.29, 0.717) is 11.1 Å². The molecule has 0 spiro atoms. The zero-order valence-electron chi connectivity index (χ0n) is 24.5. The Morgan fingerprint density at radius 2 is 1.88 bits per heavy atom. The number of hydroxylamine groups is 1. The van der Waals surface area contributed by atoms with E-state index in [0.717, 1.165) is 0 Å². The summed E-state index contributed by atoms with van der Waals surface area (Å²) in [5.41, 5.74) is 1.91. The second-order valence-electron chi connectivity index (χ2n) is 11.7. The van der Waals surface area contributed by atoms with E-state index in [1.807, 2.05) is 0 Å². The molecular weight excluding hydrogens is 567 g/mol. The van der Waals surface area contributed by atoms with Crippen LogP contribution in [0, 0.1) is 17.7 Å². The molecule has 4 rings (SSSR count). The number of carboxylic acids is 1. The molecule has 2 fully saturated rings. The third-order valence-corrected chi connectivity index (χ3v) is 7.86. The number of rotatable bonds is 10. The highest BCUT2D eigenvalue weighted by molar-refractivity contribution is 5.95. The molecule has 2 unspecified atom stereocenters. The Hall–Kier alpha value is -4.20. The molecule has 43 heavy (non-hydrogen) atoms. The van der Waals surface area contributed by atoms with Crippen molar-refractivity contribution < 1.29 is 47.8 Å². The highest BCUT2D eigenvalue weighted by Gasteiger charge is 2.61. The number of hydrogen-bond donors (Lipinski definition) is 3. The van der Waals surface area contributed by atoms with Crippen molar-refractivity contribution in [3.63, 3.8) is 0 Å². The maximum absolute atomic E-state index is 14.2. The number of carbonyl (C=O) groups excluding carboxylic acids is 4. The van der Waals surface area contributed by atoms with E-state index >= 15 is 0 Å². The SMILES string of the molecule is C=C[C@@H]1CC1(NC(=O)[C@@H]1C[C@@H](OC(=O)N2Cc3cccc(F)c3C2)CN1C(=O)C(NOC(=O)OC(C)C)C(C)C)C(=O)O. The van der Waals surface area contributed by atoms with Crippen LogP contribution in [0.4, 0.5) is 14.0 Å². The van der Waals surface area contributed by atoms with Crippen LogP contribution in [0.15, 0.2) is 30.9 Å². The van der Waals surface area contributed by atoms with Gasteiger partial charge in [0.25, 0.3) is 0 Å². The van der Waals surface area contributed by atoms with Gasteiger partial charge in [-0.05, 0) is 37.8 Å². The molecule has 3 N–H and O–H groups in total. The van der Waals surface area contributed by atoms with E-state index < -0.39 is 77.5 Å². The number of ether oxygens (including phenoxy) is 2. The normalized spacial score (nSPS) is 24.8. The number of carbonyl (C=O) groups is 5. The number of hydrogen-bond acceptors (Lipinski definition) is 9. The van der Waals surface area contributed by atoms with Gasteiger partial charge in [-0.2, -0.15) is 0 Å². The van der Waals surface area contributed by atoms with Gasteiger partial charge in [-0.15, -0.1) is 12.1 Å². The fraction of sp³-hybridized carbons (Fsp3) is 0.552. The van der Waals surface area contributed by atoms with Gasteiger partial charge in [0.1, 0.15) is 29.5 Å². The highest BCUT2D eigenvalue weighted by atomic mass is 19.1. The lowest BCUT2D eigenvalue weighted by Crippen LogP contribution is -2.57. The maximum Gasteiger partial charge on any atom is 0.527 e. The lowest BCUT2D eigenvalue weighted by Gasteiger charge is -2.30. The predicted octanol–water partition coefficient (Wildman–Crippen LogP) is 2.48. The minimum Gasteiger partial charge on any atom is -0.479 e. The van der Waals surface area contributed by atoms with Crippen molar-refractivity contribution in [2.45, 2.75) is 83.5 Å². The smallest absolute Gasteiger partial charge is 0.479 e. The molecule has 1 aliphatic carbocycles. The van der Waals surface area contributed by atoms with Gasteiger partial charge >= 0.3 is 18.2 Å². The summed E-state index contributed by atoms with van der Waals surface area (Å²) < 4.78 is 24.8. The van der Waals surface area contributed by atoms with E-state index in [-0.39, 0.29) is 32.5 Å². The zero-order valence-corrected chi connectivity index (χ0v) is 24.5. The topological polar surface area (TPSA) is 164 Å². The monoisotopic (exact) mass is 604 g/mol. The number of fused-ring (bicyclic) bond motifs is 1. The van der Waals surface area contributed by atoms with Crippen molar-refractivity contribution in [1.29, 1.82) is 0 Å². The first kappa shape index (κ1) is 31.7. The van der Waals surface area contributed by atoms with E-state index in [4.69, 9.17) is 14.3 Å². The largest absolute Gasteiger partial charge is 0.527 e. The summed E-state index contributed by atoms with van der Waals surface area (Å²) in [6.45, 7) is 10.2. The number of halogens is 1. The van der Waals surface area contributed by atoms with Crippen molar-refractivity contribution in [2.75, 3.05) is 6.54 Å². The Labute approximate surface area is 248 Å². The number of likely N-dealkylation sites (tertiary alicyclic amines) is 1. The van der Waals surface area contributed by atoms with Crippen LogP contribution in [-0.2, 0) is 41.8 Å². The average Bonchev–Trinajstić information content (AvgIpc) is 3.25. The lowest BCUT2D eigenvalue weighted by molar-refractivity contribution is -0.147. The molecule has 2 aliphatic heterocycles. The molecule has 0 radical (unpaired) electrons. The van der Waals surface area contributed by atoms with Crippen LogP contribution in [0.3, 0.4) is 0 Å². The van der Waals surface area contributed by atoms with Gasteiger partial charge in [0.15, 0.2) is 0 Å². The third kappa shape index (κ3) is 6.74. The minimum absolute atomic E-state index is 0.00729. The first-order valence-corrected chi connectivity index (χ1v) is 14.1. The van der Waals surface area contributed by atoms with Gasteiger partial charge < -0.3 is 29.6 Å². The Morgan fingerprint density at radius 1 is 1.16 bits per heavy atom. The summed E-state index contributed by atoms with van der Waals surface area (Å²) >= 11 is 0. The zero-order chi connectivity index (χ0) is 31.6. The fourth-order valence-electron chi connectivity index (χ4n) is 5.40. The van der Waals surface area contributed by atoms with Gasteiger partial charge in [-0.1, -0.05) is 32.1 Å². The number of nitrogens with zero attached hydrogens (tertiary/aromatic N) is 2. The minimum atomic E-state index is -1.55. The second-order valence-corrected chi connectivity index (χ2v) is 11.7.